The van der Waals surface area contributed by atoms with Crippen LogP contribution in [-0.4, -0.2) is 0 Å². The quantitative estimate of drug-likeness (QED) is 0.112. The van der Waals surface area contributed by atoms with Crippen molar-refractivity contribution in [3.05, 3.63) is 337 Å². The fraction of sp³-hybridized carbons (Fsp3) is 0. The first-order chi connectivity index (χ1) is 63.2. The molecule has 2 heterocycles. The van der Waals surface area contributed by atoms with Gasteiger partial charge in [0.25, 0.3) is 0 Å². The number of fused-ring (bicyclic) bond motifs is 14. The van der Waals surface area contributed by atoms with Crippen LogP contribution in [0.15, 0.2) is 299 Å². The van der Waals surface area contributed by atoms with Crippen molar-refractivity contribution < 1.29 is 87.8 Å². The van der Waals surface area contributed by atoms with Gasteiger partial charge in [0.1, 0.15) is 69.2 Å². The summed E-state index contributed by atoms with van der Waals surface area (Å²) in [5, 5.41) is 4.28. The van der Waals surface area contributed by atoms with Gasteiger partial charge in [-0.1, -0.05) is 181 Å². The molecule has 0 unspecified atom stereocenters. The predicted octanol–water partition coefficient (Wildman–Crippen LogP) is 27.4. The van der Waals surface area contributed by atoms with E-state index >= 15 is 35.1 Å². The minimum absolute atomic E-state index is 0.00677. The SMILES string of the molecule is [2H]c1c([2H])c(F)c(-c2cc(-c3c(F)c([2H])c([2H])c([2H])c3F)c3c(c2)c2cc4c(cc5c6cc(-c7c(F)c([2H])c([2H])c([2H])c7F)cc(-c7c(F)c([2H])c([2H])c([2H])c7F)c6c6cccc4c56)c4cccc3c42)c(F)c1[2H].[2H]c1c([2H])c([2H])c(-c2oc3ccc4c(ccc5oc(-c6c([2H])c([2H])c([2H])c([2H])c6[2H])c(-c6c([2H])c([2H])c([2H])c([2H])c6[2H])c54)c3c2-c2c([2H])c([2H])c([2H])c([2H])c2[2H])c([2H])c1[2H]. The van der Waals surface area contributed by atoms with Gasteiger partial charge in [-0.15, -0.1) is 0 Å². The van der Waals surface area contributed by atoms with Crippen LogP contribution < -0.4 is 0 Å². The van der Waals surface area contributed by atoms with E-state index < -0.39 is 318 Å². The number of halogens is 8. The van der Waals surface area contributed by atoms with E-state index in [1.165, 1.54) is 36.4 Å². The van der Waals surface area contributed by atoms with E-state index in [2.05, 4.69) is 0 Å². The molecule has 0 aliphatic rings. The second-order valence-electron chi connectivity index (χ2n) is 23.4. The molecule has 10 heteroatoms. The molecule has 0 saturated carbocycles. The number of benzene rings is 16. The summed E-state index contributed by atoms with van der Waals surface area (Å²) in [6.07, 6.45) is 0. The van der Waals surface area contributed by atoms with E-state index in [1.54, 1.807) is 48.5 Å². The van der Waals surface area contributed by atoms with E-state index in [4.69, 9.17) is 52.7 Å². The van der Waals surface area contributed by atoms with Crippen molar-refractivity contribution in [1.29, 1.82) is 0 Å². The fourth-order valence-electron chi connectivity index (χ4n) is 14.3. The lowest BCUT2D eigenvalue weighted by Crippen LogP contribution is -1.94. The zero-order valence-electron chi connectivity index (χ0n) is 83.1. The molecule has 0 N–H and O–H groups in total. The Bertz CT molecular complexity index is 8170. The molecule has 2 aromatic heterocycles. The highest BCUT2D eigenvalue weighted by Gasteiger charge is 2.29. The molecule has 0 radical (unpaired) electrons. The minimum Gasteiger partial charge on any atom is -0.455 e. The first-order valence-corrected chi connectivity index (χ1v) is 30.6. The van der Waals surface area contributed by atoms with Crippen molar-refractivity contribution in [2.45, 2.75) is 0 Å². The first kappa shape index (κ1) is 35.7. The van der Waals surface area contributed by atoms with Crippen LogP contribution in [0.25, 0.3) is 198 Å². The molecule has 20 rings (SSSR count). The molecule has 20 aromatic rings. The van der Waals surface area contributed by atoms with Crippen LogP contribution >= 0.6 is 0 Å². The highest BCUT2D eigenvalue weighted by Crippen LogP contribution is 2.54. The normalized spacial score (nSPS) is 16.3. The summed E-state index contributed by atoms with van der Waals surface area (Å²) in [5.41, 5.74) is -8.22. The van der Waals surface area contributed by atoms with E-state index in [9.17, 15) is 0 Å². The Labute approximate surface area is 621 Å². The average Bonchev–Trinajstić information content (AvgIpc) is 1.53. The number of furan rings is 2. The van der Waals surface area contributed by atoms with Crippen LogP contribution in [-0.2, 0) is 0 Å². The predicted molar refractivity (Wildman–Crippen MR) is 398 cm³/mol. The third-order valence-electron chi connectivity index (χ3n) is 18.2. The Morgan fingerprint density at radius 3 is 0.843 bits per heavy atom. The largest absolute Gasteiger partial charge is 0.455 e. The van der Waals surface area contributed by atoms with E-state index in [0.717, 1.165) is 12.1 Å². The summed E-state index contributed by atoms with van der Waals surface area (Å²) in [5.74, 6) is -13.5. The van der Waals surface area contributed by atoms with Crippen LogP contribution in [0.1, 0.15) is 43.9 Å². The lowest BCUT2D eigenvalue weighted by molar-refractivity contribution is 0.588. The van der Waals surface area contributed by atoms with Gasteiger partial charge in [-0.2, -0.15) is 0 Å². The molecule has 0 spiro atoms. The molecule has 0 saturated heterocycles. The van der Waals surface area contributed by atoms with Crippen molar-refractivity contribution in [2.24, 2.45) is 0 Å². The lowest BCUT2D eigenvalue weighted by Gasteiger charge is -2.12. The van der Waals surface area contributed by atoms with Crippen molar-refractivity contribution in [3.63, 3.8) is 0 Å². The highest BCUT2D eigenvalue weighted by atomic mass is 19.2. The molecule has 0 aliphatic heterocycles. The number of hydrogen-bond acceptors (Lipinski definition) is 2. The second kappa shape index (κ2) is 23.4. The Kier molecular flexibility index (Phi) is 8.18. The van der Waals surface area contributed by atoms with Gasteiger partial charge >= 0.3 is 0 Å². The topological polar surface area (TPSA) is 26.3 Å². The second-order valence-corrected chi connectivity index (χ2v) is 23.4. The third kappa shape index (κ3) is 9.18. The average molecular weight is 1370 g/mol. The van der Waals surface area contributed by atoms with Gasteiger partial charge in [-0.25, -0.2) is 35.1 Å². The summed E-state index contributed by atoms with van der Waals surface area (Å²) >= 11 is 0. The van der Waals surface area contributed by atoms with E-state index in [0.29, 0.717) is 43.1 Å². The molecule has 0 bridgehead atoms. The van der Waals surface area contributed by atoms with Crippen molar-refractivity contribution in [1.82, 2.24) is 0 Å². The molecule has 18 aromatic carbocycles. The van der Waals surface area contributed by atoms with Gasteiger partial charge in [0.05, 0.1) is 66.1 Å². The van der Waals surface area contributed by atoms with Crippen LogP contribution in [0, 0.1) is 46.5 Å². The minimum atomic E-state index is -1.58. The summed E-state index contributed by atoms with van der Waals surface area (Å²) in [7, 11) is 0. The van der Waals surface area contributed by atoms with Gasteiger partial charge < -0.3 is 8.83 Å². The van der Waals surface area contributed by atoms with Crippen molar-refractivity contribution in [2.75, 3.05) is 0 Å². The summed E-state index contributed by atoms with van der Waals surface area (Å²) in [6.45, 7) is 0. The van der Waals surface area contributed by atoms with Crippen molar-refractivity contribution in [3.8, 4) is 89.4 Å². The summed E-state index contributed by atoms with van der Waals surface area (Å²) in [6, 6.07) is -5.00. The molecule has 0 atom stereocenters. The molecular formula is C92H48F8O2. The maximum absolute atomic E-state index is 16.4. The smallest absolute Gasteiger partial charge is 0.143 e. The van der Waals surface area contributed by atoms with Crippen molar-refractivity contribution >= 4 is 108 Å². The monoisotopic (exact) mass is 1370 g/mol. The van der Waals surface area contributed by atoms with E-state index in [-0.39, 0.29) is 76.2 Å². The molecule has 484 valence electrons. The Balaban J connectivity index is 0.000000176. The van der Waals surface area contributed by atoms with Crippen LogP contribution in [0.2, 0.25) is 0 Å². The lowest BCUT2D eigenvalue weighted by atomic mass is 9.92. The molecule has 102 heavy (non-hydrogen) atoms. The van der Waals surface area contributed by atoms with Crippen LogP contribution in [0.4, 0.5) is 35.1 Å². The zero-order valence-corrected chi connectivity index (χ0v) is 51.1. The molecule has 2 nitrogen and oxygen atoms in total. The number of hydrogen-bond donors (Lipinski definition) is 0. The first-order valence-electron chi connectivity index (χ1n) is 46.6. The summed E-state index contributed by atoms with van der Waals surface area (Å²) in [4.78, 5) is 0. The maximum atomic E-state index is 16.4. The Hall–Kier alpha value is -12.9. The Morgan fingerprint density at radius 2 is 0.500 bits per heavy atom. The Morgan fingerprint density at radius 1 is 0.206 bits per heavy atom. The maximum Gasteiger partial charge on any atom is 0.143 e. The summed E-state index contributed by atoms with van der Waals surface area (Å²) < 4.78 is 412. The molecule has 0 fully saturated rings. The standard InChI is InChI=1S/C54H24F8.C38H24O2/c55-39-11-3-12-40(56)47(39)25-19-33-35-24-32-28-8-2-10-30-50(28)36(23-31(32)27-7-1-9-29(49(27)35)51(33)37(21-25)53-43(59)15-5-16-44(53)60)34-20-26(48-41(57)13-4-14-42(48)58)22-38(52(30)34)54-45(61)17-6-18-46(54)62;1-5-13-25(14-6-1)33-35-29-21-24-32-36(30(29)22-23-31(35)39-37(33)27-17-9-3-10-18-27)34(26-15-7-2-8-16-26)38(40-32)28-19-11-4-12-20-28/h1-24H;1-24H/i3D,4D,5D,6D,11D,12D,13D,14D,15D,16D,17D,18D;1D,2D,3D,4D,5D,6D,7D,8D,9D,10D,11D,12D,13D,14D,15D,16D,17D,18D,19D,20D. The number of rotatable bonds is 8. The zero-order chi connectivity index (χ0) is 96.6. The van der Waals surface area contributed by atoms with Gasteiger partial charge in [0.2, 0.25) is 0 Å². The van der Waals surface area contributed by atoms with E-state index in [1.807, 2.05) is 0 Å². The van der Waals surface area contributed by atoms with Gasteiger partial charge in [-0.05, 0) is 229 Å². The van der Waals surface area contributed by atoms with Crippen LogP contribution in [0.5, 0.6) is 0 Å². The molecule has 0 aliphatic carbocycles. The van der Waals surface area contributed by atoms with Gasteiger partial charge in [0, 0.05) is 33.0 Å². The van der Waals surface area contributed by atoms with Crippen LogP contribution in [0.3, 0.4) is 0 Å². The molecular weight excluding hydrogens is 1290 g/mol. The van der Waals surface area contributed by atoms with Gasteiger partial charge in [0.15, 0.2) is 0 Å². The fourth-order valence-corrected chi connectivity index (χ4v) is 14.3. The van der Waals surface area contributed by atoms with Gasteiger partial charge in [-0.3, -0.25) is 0 Å². The molecule has 0 amide bonds. The highest BCUT2D eigenvalue weighted by molar-refractivity contribution is 6.43. The third-order valence-corrected chi connectivity index (χ3v) is 18.2.